The molecule has 0 radical (unpaired) electrons. The molecule has 0 bridgehead atoms. The number of hydrogen-bond donors (Lipinski definition) is 1. The molecule has 0 aliphatic carbocycles. The molecule has 7 nitrogen and oxygen atoms in total. The molecule has 0 aliphatic heterocycles. The summed E-state index contributed by atoms with van der Waals surface area (Å²) in [5.74, 6) is -0.268. The third kappa shape index (κ3) is 21.3. The summed E-state index contributed by atoms with van der Waals surface area (Å²) < 4.78 is 17.8. The molecule has 0 fully saturated rings. The Labute approximate surface area is 236 Å². The van der Waals surface area contributed by atoms with E-state index in [-0.39, 0.29) is 19.2 Å². The molecule has 0 aromatic carbocycles. The summed E-state index contributed by atoms with van der Waals surface area (Å²) in [7, 11) is 1.52. The maximum Gasteiger partial charge on any atom is 0.407 e. The Morgan fingerprint density at radius 1 is 0.789 bits per heavy atom. The first-order valence-corrected chi connectivity index (χ1v) is 16.1. The van der Waals surface area contributed by atoms with E-state index in [0.717, 1.165) is 25.8 Å². The van der Waals surface area contributed by atoms with Crippen LogP contribution in [0.4, 0.5) is 4.79 Å². The molecule has 0 saturated heterocycles. The lowest BCUT2D eigenvalue weighted by atomic mass is 10.0. The van der Waals surface area contributed by atoms with Crippen LogP contribution in [0.15, 0.2) is 17.1 Å². The molecule has 1 heterocycles. The monoisotopic (exact) mass is 555 g/mol. The van der Waals surface area contributed by atoms with Gasteiger partial charge >= 0.3 is 12.1 Å². The summed E-state index contributed by atoms with van der Waals surface area (Å²) in [6.45, 7) is 3.81. The van der Waals surface area contributed by atoms with Crippen molar-refractivity contribution in [3.05, 3.63) is 17.1 Å². The highest BCUT2D eigenvalue weighted by molar-refractivity contribution is 7.07. The van der Waals surface area contributed by atoms with E-state index >= 15 is 0 Å². The van der Waals surface area contributed by atoms with Gasteiger partial charge in [-0.3, -0.25) is 4.79 Å². The zero-order valence-corrected chi connectivity index (χ0v) is 25.1. The molecule has 0 saturated carbocycles. The Hall–Kier alpha value is -1.67. The van der Waals surface area contributed by atoms with Crippen molar-refractivity contribution in [2.45, 2.75) is 135 Å². The third-order valence-electron chi connectivity index (χ3n) is 6.79. The Bertz CT molecular complexity index is 672. The highest BCUT2D eigenvalue weighted by Gasteiger charge is 2.14. The summed E-state index contributed by atoms with van der Waals surface area (Å²) in [6, 6.07) is 0. The second-order valence-corrected chi connectivity index (χ2v) is 11.0. The molecule has 1 aromatic heterocycles. The predicted molar refractivity (Wildman–Crippen MR) is 154 cm³/mol. The van der Waals surface area contributed by atoms with E-state index in [0.29, 0.717) is 13.0 Å². The minimum atomic E-state index is -0.466. The predicted octanol–water partition coefficient (Wildman–Crippen LogP) is 7.36. The lowest BCUT2D eigenvalue weighted by molar-refractivity contribution is -0.692. The summed E-state index contributed by atoms with van der Waals surface area (Å²) in [6.07, 6.45) is 23.4. The highest BCUT2D eigenvalue weighted by atomic mass is 32.1. The number of thiazole rings is 1. The molecule has 1 N–H and O–H groups in total. The van der Waals surface area contributed by atoms with Gasteiger partial charge in [0, 0.05) is 20.1 Å². The van der Waals surface area contributed by atoms with Crippen LogP contribution in [-0.4, -0.2) is 45.0 Å². The van der Waals surface area contributed by atoms with Crippen molar-refractivity contribution >= 4 is 23.4 Å². The maximum absolute atomic E-state index is 11.9. The van der Waals surface area contributed by atoms with Crippen LogP contribution in [0.1, 0.15) is 122 Å². The average Bonchev–Trinajstić information content (AvgIpc) is 3.44. The van der Waals surface area contributed by atoms with Gasteiger partial charge in [0.15, 0.2) is 6.20 Å². The smallest absolute Gasteiger partial charge is 0.407 e. The minimum Gasteiger partial charge on any atom is -0.463 e. The topological polar surface area (TPSA) is 77.7 Å². The molecule has 220 valence electrons. The number of carbonyl (C=O) groups excluding carboxylic acids is 2. The van der Waals surface area contributed by atoms with Gasteiger partial charge in [-0.15, -0.1) is 0 Å². The van der Waals surface area contributed by atoms with E-state index in [1.807, 2.05) is 21.7 Å². The van der Waals surface area contributed by atoms with E-state index in [2.05, 4.69) is 12.2 Å². The molecule has 1 amide bonds. The van der Waals surface area contributed by atoms with Crippen molar-refractivity contribution in [2.75, 3.05) is 26.9 Å². The van der Waals surface area contributed by atoms with Crippen LogP contribution in [0, 0.1) is 0 Å². The van der Waals surface area contributed by atoms with Gasteiger partial charge in [0.2, 0.25) is 5.51 Å². The fraction of sp³-hybridized carbons (Fsp3) is 0.833. The first-order valence-electron chi connectivity index (χ1n) is 15.2. The Kier molecular flexibility index (Phi) is 23.1. The van der Waals surface area contributed by atoms with Crippen LogP contribution in [0.2, 0.25) is 0 Å². The van der Waals surface area contributed by atoms with Crippen LogP contribution < -0.4 is 9.88 Å². The number of ether oxygens (including phenoxy) is 3. The number of nitrogens with zero attached hydrogens (tertiary/aromatic N) is 1. The molecule has 0 spiro atoms. The highest BCUT2D eigenvalue weighted by Crippen LogP contribution is 2.13. The van der Waals surface area contributed by atoms with Crippen LogP contribution in [-0.2, 0) is 25.5 Å². The van der Waals surface area contributed by atoms with Crippen molar-refractivity contribution in [3.8, 4) is 0 Å². The van der Waals surface area contributed by atoms with Gasteiger partial charge in [-0.1, -0.05) is 115 Å². The van der Waals surface area contributed by atoms with E-state index in [1.54, 1.807) is 11.3 Å². The van der Waals surface area contributed by atoms with Crippen molar-refractivity contribution in [1.82, 2.24) is 5.32 Å². The lowest BCUT2D eigenvalue weighted by Crippen LogP contribution is -2.32. The molecule has 38 heavy (non-hydrogen) atoms. The molecular formula is C30H55N2O5S+. The number of carbonyl (C=O) groups is 2. The Morgan fingerprint density at radius 2 is 1.34 bits per heavy atom. The van der Waals surface area contributed by atoms with Gasteiger partial charge in [-0.25, -0.2) is 4.79 Å². The molecular weight excluding hydrogens is 500 g/mol. The number of esters is 1. The normalized spacial score (nSPS) is 11.8. The number of rotatable bonds is 26. The zero-order valence-electron chi connectivity index (χ0n) is 24.3. The van der Waals surface area contributed by atoms with Crippen LogP contribution >= 0.6 is 11.3 Å². The van der Waals surface area contributed by atoms with Crippen LogP contribution in [0.5, 0.6) is 0 Å². The van der Waals surface area contributed by atoms with Crippen molar-refractivity contribution < 1.29 is 28.4 Å². The first-order chi connectivity index (χ1) is 18.7. The van der Waals surface area contributed by atoms with Crippen molar-refractivity contribution in [3.63, 3.8) is 0 Å². The van der Waals surface area contributed by atoms with Crippen molar-refractivity contribution in [1.29, 1.82) is 0 Å². The SMILES string of the molecule is CCCCCCCCCCCCCCCCCCNC(=O)OCC(COC(=O)CCC[n+]1ccsc1)OC. The Morgan fingerprint density at radius 3 is 1.87 bits per heavy atom. The van der Waals surface area contributed by atoms with Crippen LogP contribution in [0.3, 0.4) is 0 Å². The number of aryl methyl sites for hydroxylation is 1. The number of nitrogens with one attached hydrogen (secondary N) is 1. The molecule has 1 aromatic rings. The largest absolute Gasteiger partial charge is 0.463 e. The van der Waals surface area contributed by atoms with E-state index in [9.17, 15) is 9.59 Å². The summed E-state index contributed by atoms with van der Waals surface area (Å²) >= 11 is 1.62. The maximum atomic E-state index is 11.9. The molecule has 1 unspecified atom stereocenters. The van der Waals surface area contributed by atoms with Gasteiger partial charge in [0.05, 0.1) is 11.8 Å². The third-order valence-corrected chi connectivity index (χ3v) is 7.46. The number of amides is 1. The second kappa shape index (κ2) is 25.6. The Balaban J connectivity index is 1.86. The standard InChI is InChI=1S/C30H54N2O5S/c1-3-4-5-6-7-8-9-10-11-12-13-14-15-16-17-18-21-31-30(34)37-26-28(35-2)25-36-29(33)20-19-22-32-23-24-38-27-32/h23-24,27-28H,3-22,25-26H2,1-2H3/p+1. The van der Waals surface area contributed by atoms with E-state index in [4.69, 9.17) is 14.2 Å². The fourth-order valence-corrected chi connectivity index (χ4v) is 4.95. The first kappa shape index (κ1) is 34.4. The van der Waals surface area contributed by atoms with Gasteiger partial charge in [0.1, 0.15) is 25.9 Å². The number of unbranched alkanes of at least 4 members (excludes halogenated alkanes) is 15. The van der Waals surface area contributed by atoms with Crippen LogP contribution in [0.25, 0.3) is 0 Å². The number of hydrogen-bond acceptors (Lipinski definition) is 6. The molecule has 0 aliphatic rings. The van der Waals surface area contributed by atoms with Gasteiger partial charge in [0.25, 0.3) is 0 Å². The number of alkyl carbamates (subject to hydrolysis) is 1. The molecule has 1 atom stereocenters. The summed E-state index contributed by atoms with van der Waals surface area (Å²) in [5, 5.41) is 4.79. The summed E-state index contributed by atoms with van der Waals surface area (Å²) in [4.78, 5) is 23.8. The van der Waals surface area contributed by atoms with Gasteiger partial charge < -0.3 is 19.5 Å². The fourth-order valence-electron chi connectivity index (χ4n) is 4.32. The van der Waals surface area contributed by atoms with Gasteiger partial charge in [-0.2, -0.15) is 4.57 Å². The summed E-state index contributed by atoms with van der Waals surface area (Å²) in [5.41, 5.74) is 2.01. The van der Waals surface area contributed by atoms with Crippen molar-refractivity contribution in [2.24, 2.45) is 0 Å². The average molecular weight is 556 g/mol. The molecule has 8 heteroatoms. The zero-order chi connectivity index (χ0) is 27.5. The minimum absolute atomic E-state index is 0.0549. The number of aromatic nitrogens is 1. The van der Waals surface area contributed by atoms with E-state index in [1.165, 1.54) is 97.0 Å². The quantitative estimate of drug-likeness (QED) is 0.0734. The number of methoxy groups -OCH3 is 1. The second-order valence-electron chi connectivity index (χ2n) is 10.2. The van der Waals surface area contributed by atoms with Gasteiger partial charge in [-0.05, 0) is 6.42 Å². The van der Waals surface area contributed by atoms with E-state index < -0.39 is 12.2 Å². The molecule has 1 rings (SSSR count). The lowest BCUT2D eigenvalue weighted by Gasteiger charge is -2.16.